The minimum absolute atomic E-state index is 0.0579. The van der Waals surface area contributed by atoms with Crippen LogP contribution in [-0.4, -0.2) is 21.0 Å². The molecule has 1 aliphatic rings. The van der Waals surface area contributed by atoms with E-state index in [0.717, 1.165) is 31.7 Å². The zero-order valence-corrected chi connectivity index (χ0v) is 15.6. The van der Waals surface area contributed by atoms with Crippen LogP contribution in [0.5, 0.6) is 0 Å². The summed E-state index contributed by atoms with van der Waals surface area (Å²) in [5, 5.41) is 6.13. The van der Waals surface area contributed by atoms with Crippen LogP contribution >= 0.6 is 0 Å². The molecule has 2 N–H and O–H groups in total. The molecule has 0 radical (unpaired) electrons. The van der Waals surface area contributed by atoms with Gasteiger partial charge in [-0.25, -0.2) is 4.98 Å². The molecule has 0 bridgehead atoms. The maximum Gasteiger partial charge on any atom is 0.418 e. The van der Waals surface area contributed by atoms with E-state index < -0.39 is 11.7 Å². The lowest BCUT2D eigenvalue weighted by atomic mass is 10.1. The number of nitrogens with zero attached hydrogens (tertiary/aromatic N) is 3. The first-order valence-corrected chi connectivity index (χ1v) is 9.49. The van der Waals surface area contributed by atoms with Crippen LogP contribution in [0.2, 0.25) is 0 Å². The van der Waals surface area contributed by atoms with E-state index in [9.17, 15) is 13.2 Å². The van der Waals surface area contributed by atoms with Gasteiger partial charge in [-0.1, -0.05) is 31.0 Å². The highest BCUT2D eigenvalue weighted by molar-refractivity contribution is 5.67. The Hall–Kier alpha value is -3.16. The van der Waals surface area contributed by atoms with Crippen molar-refractivity contribution in [3.63, 3.8) is 0 Å². The lowest BCUT2D eigenvalue weighted by molar-refractivity contribution is -0.136. The van der Waals surface area contributed by atoms with Crippen molar-refractivity contribution in [2.24, 2.45) is 0 Å². The summed E-state index contributed by atoms with van der Waals surface area (Å²) in [6.07, 6.45) is 1.51. The molecule has 29 heavy (non-hydrogen) atoms. The van der Waals surface area contributed by atoms with Gasteiger partial charge in [0, 0.05) is 18.3 Å². The summed E-state index contributed by atoms with van der Waals surface area (Å²) < 4.78 is 40.1. The Morgan fingerprint density at radius 2 is 1.66 bits per heavy atom. The smallest absolute Gasteiger partial charge is 0.351 e. The predicted molar refractivity (Wildman–Crippen MR) is 106 cm³/mol. The second kappa shape index (κ2) is 8.06. The van der Waals surface area contributed by atoms with Gasteiger partial charge < -0.3 is 10.6 Å². The van der Waals surface area contributed by atoms with Crippen LogP contribution in [0.15, 0.2) is 54.7 Å². The molecule has 1 aliphatic carbocycles. The molecular weight excluding hydrogens is 379 g/mol. The molecular formula is C21H20F3N5. The number of anilines is 3. The molecule has 1 fully saturated rings. The third-order valence-electron chi connectivity index (χ3n) is 4.84. The Kier molecular flexibility index (Phi) is 5.33. The van der Waals surface area contributed by atoms with E-state index in [4.69, 9.17) is 0 Å². The summed E-state index contributed by atoms with van der Waals surface area (Å²) >= 11 is 0. The summed E-state index contributed by atoms with van der Waals surface area (Å²) in [5.74, 6) is 0.657. The highest BCUT2D eigenvalue weighted by Crippen LogP contribution is 2.36. The van der Waals surface area contributed by atoms with Crippen LogP contribution < -0.4 is 10.6 Å². The third kappa shape index (κ3) is 4.64. The van der Waals surface area contributed by atoms with Gasteiger partial charge in [-0.3, -0.25) is 4.98 Å². The monoisotopic (exact) mass is 399 g/mol. The van der Waals surface area contributed by atoms with Crippen LogP contribution in [0, 0.1) is 0 Å². The van der Waals surface area contributed by atoms with Crippen LogP contribution in [0.1, 0.15) is 31.2 Å². The van der Waals surface area contributed by atoms with Gasteiger partial charge in [-0.05, 0) is 37.1 Å². The number of hydrogen-bond donors (Lipinski definition) is 2. The predicted octanol–water partition coefficient (Wildman–Crippen LogP) is 5.66. The molecule has 0 amide bonds. The molecule has 1 saturated carbocycles. The van der Waals surface area contributed by atoms with Crippen molar-refractivity contribution < 1.29 is 13.2 Å². The molecule has 2 aromatic heterocycles. The van der Waals surface area contributed by atoms with Gasteiger partial charge in [0.1, 0.15) is 5.82 Å². The first-order valence-electron chi connectivity index (χ1n) is 9.49. The van der Waals surface area contributed by atoms with Gasteiger partial charge in [0.2, 0.25) is 5.95 Å². The fraction of sp³-hybridized carbons (Fsp3) is 0.286. The SMILES string of the molecule is FC(F)(F)c1ccccc1Nc1cc(-c2ccccn2)nc(NC2CCCC2)n1. The molecule has 0 unspecified atom stereocenters. The molecule has 150 valence electrons. The number of nitrogens with one attached hydrogen (secondary N) is 2. The lowest BCUT2D eigenvalue weighted by Gasteiger charge is -2.16. The second-order valence-corrected chi connectivity index (χ2v) is 6.97. The third-order valence-corrected chi connectivity index (χ3v) is 4.84. The highest BCUT2D eigenvalue weighted by atomic mass is 19.4. The Morgan fingerprint density at radius 3 is 2.38 bits per heavy atom. The van der Waals surface area contributed by atoms with Gasteiger partial charge in [-0.2, -0.15) is 18.2 Å². The van der Waals surface area contributed by atoms with Crippen LogP contribution in [-0.2, 0) is 6.18 Å². The summed E-state index contributed by atoms with van der Waals surface area (Å²) in [7, 11) is 0. The number of benzene rings is 1. The van der Waals surface area contributed by atoms with Gasteiger partial charge in [0.05, 0.1) is 22.6 Å². The van der Waals surface area contributed by atoms with Crippen molar-refractivity contribution >= 4 is 17.5 Å². The number of aromatic nitrogens is 3. The van der Waals surface area contributed by atoms with Crippen LogP contribution in [0.25, 0.3) is 11.4 Å². The van der Waals surface area contributed by atoms with Gasteiger partial charge in [0.25, 0.3) is 0 Å². The van der Waals surface area contributed by atoms with E-state index in [2.05, 4.69) is 25.6 Å². The average molecular weight is 399 g/mol. The molecule has 0 spiro atoms. The Balaban J connectivity index is 1.71. The number of pyridine rings is 1. The highest BCUT2D eigenvalue weighted by Gasteiger charge is 2.33. The molecule has 1 aromatic carbocycles. The summed E-state index contributed by atoms with van der Waals surface area (Å²) in [5.41, 5.74) is 0.352. The molecule has 5 nitrogen and oxygen atoms in total. The number of alkyl halides is 3. The number of halogens is 3. The van der Waals surface area contributed by atoms with Crippen molar-refractivity contribution in [2.75, 3.05) is 10.6 Å². The van der Waals surface area contributed by atoms with E-state index >= 15 is 0 Å². The lowest BCUT2D eigenvalue weighted by Crippen LogP contribution is -2.17. The Labute approximate surface area is 166 Å². The quantitative estimate of drug-likeness (QED) is 0.580. The second-order valence-electron chi connectivity index (χ2n) is 6.97. The standard InChI is InChI=1S/C21H20F3N5/c22-21(23,24)15-9-3-4-10-16(15)27-19-13-18(17-11-5-6-12-25-17)28-20(29-19)26-14-7-1-2-8-14/h3-6,9-14H,1-2,7-8H2,(H2,26,27,28,29). The molecule has 0 saturated heterocycles. The van der Waals surface area contributed by atoms with Gasteiger partial charge >= 0.3 is 6.18 Å². The summed E-state index contributed by atoms with van der Waals surface area (Å²) in [6.45, 7) is 0. The zero-order valence-electron chi connectivity index (χ0n) is 15.6. The number of hydrogen-bond acceptors (Lipinski definition) is 5. The Morgan fingerprint density at radius 1 is 0.897 bits per heavy atom. The van der Waals surface area contributed by atoms with E-state index in [1.807, 2.05) is 6.07 Å². The van der Waals surface area contributed by atoms with Crippen molar-refractivity contribution in [3.05, 3.63) is 60.3 Å². The fourth-order valence-corrected chi connectivity index (χ4v) is 3.45. The van der Waals surface area contributed by atoms with E-state index in [-0.39, 0.29) is 17.5 Å². The number of para-hydroxylation sites is 1. The van der Waals surface area contributed by atoms with Crippen molar-refractivity contribution in [3.8, 4) is 11.4 Å². The summed E-state index contributed by atoms with van der Waals surface area (Å²) in [6, 6.07) is 12.6. The van der Waals surface area contributed by atoms with Crippen LogP contribution in [0.3, 0.4) is 0 Å². The maximum atomic E-state index is 13.4. The molecule has 2 heterocycles. The molecule has 4 rings (SSSR count). The molecule has 3 aromatic rings. The normalized spacial score (nSPS) is 14.7. The topological polar surface area (TPSA) is 62.7 Å². The number of rotatable bonds is 5. The fourth-order valence-electron chi connectivity index (χ4n) is 3.45. The van der Waals surface area contributed by atoms with Gasteiger partial charge in [-0.15, -0.1) is 0 Å². The summed E-state index contributed by atoms with van der Waals surface area (Å²) in [4.78, 5) is 13.2. The van der Waals surface area contributed by atoms with E-state index in [0.29, 0.717) is 17.3 Å². The first kappa shape index (κ1) is 19.2. The largest absolute Gasteiger partial charge is 0.418 e. The van der Waals surface area contributed by atoms with E-state index in [1.54, 1.807) is 30.5 Å². The van der Waals surface area contributed by atoms with Crippen LogP contribution in [0.4, 0.5) is 30.6 Å². The van der Waals surface area contributed by atoms with E-state index in [1.165, 1.54) is 12.1 Å². The van der Waals surface area contributed by atoms with Crippen molar-refractivity contribution in [1.29, 1.82) is 0 Å². The Bertz CT molecular complexity index is 970. The average Bonchev–Trinajstić information content (AvgIpc) is 3.21. The first-order chi connectivity index (χ1) is 14.0. The molecule has 0 aliphatic heterocycles. The van der Waals surface area contributed by atoms with Crippen molar-refractivity contribution in [1.82, 2.24) is 15.0 Å². The zero-order chi connectivity index (χ0) is 20.3. The molecule has 8 heteroatoms. The molecule has 0 atom stereocenters. The maximum absolute atomic E-state index is 13.4. The van der Waals surface area contributed by atoms with Gasteiger partial charge in [0.15, 0.2) is 0 Å². The minimum Gasteiger partial charge on any atom is -0.351 e. The minimum atomic E-state index is -4.47. The van der Waals surface area contributed by atoms with Crippen molar-refractivity contribution in [2.45, 2.75) is 37.9 Å².